The van der Waals surface area contributed by atoms with E-state index in [9.17, 15) is 14.9 Å². The highest BCUT2D eigenvalue weighted by Gasteiger charge is 2.17. The van der Waals surface area contributed by atoms with Crippen molar-refractivity contribution in [1.29, 1.82) is 0 Å². The van der Waals surface area contributed by atoms with Crippen LogP contribution in [-0.4, -0.2) is 38.4 Å². The van der Waals surface area contributed by atoms with Crippen molar-refractivity contribution in [3.63, 3.8) is 0 Å². The smallest absolute Gasteiger partial charge is 0.275 e. The maximum absolute atomic E-state index is 12.2. The van der Waals surface area contributed by atoms with E-state index in [4.69, 9.17) is 14.2 Å². The van der Waals surface area contributed by atoms with Gasteiger partial charge in [-0.1, -0.05) is 0 Å². The Morgan fingerprint density at radius 3 is 2.31 bits per heavy atom. The van der Waals surface area contributed by atoms with Crippen molar-refractivity contribution in [1.82, 2.24) is 5.43 Å². The third-order valence-electron chi connectivity index (χ3n) is 3.43. The van der Waals surface area contributed by atoms with Gasteiger partial charge in [-0.2, -0.15) is 5.10 Å². The Balaban J connectivity index is 2.17. The van der Waals surface area contributed by atoms with Gasteiger partial charge in [0.25, 0.3) is 11.6 Å². The third kappa shape index (κ3) is 4.26. The van der Waals surface area contributed by atoms with Crippen molar-refractivity contribution in [2.24, 2.45) is 5.10 Å². The summed E-state index contributed by atoms with van der Waals surface area (Å²) >= 11 is 0. The van der Waals surface area contributed by atoms with Gasteiger partial charge < -0.3 is 14.2 Å². The number of carbonyl (C=O) groups is 1. The third-order valence-corrected chi connectivity index (χ3v) is 3.43. The van der Waals surface area contributed by atoms with Gasteiger partial charge >= 0.3 is 0 Å². The number of benzene rings is 2. The van der Waals surface area contributed by atoms with Gasteiger partial charge in [0.15, 0.2) is 11.5 Å². The molecule has 1 N–H and O–H groups in total. The van der Waals surface area contributed by atoms with E-state index in [1.54, 1.807) is 18.2 Å². The zero-order chi connectivity index (χ0) is 19.1. The van der Waals surface area contributed by atoms with Gasteiger partial charge in [0.1, 0.15) is 5.75 Å². The molecule has 0 unspecified atom stereocenters. The van der Waals surface area contributed by atoms with E-state index < -0.39 is 10.8 Å². The Hall–Kier alpha value is -3.62. The van der Waals surface area contributed by atoms with E-state index in [2.05, 4.69) is 10.5 Å². The molecule has 2 aromatic carbocycles. The summed E-state index contributed by atoms with van der Waals surface area (Å²) < 4.78 is 15.4. The van der Waals surface area contributed by atoms with Crippen molar-refractivity contribution in [3.8, 4) is 17.2 Å². The summed E-state index contributed by atoms with van der Waals surface area (Å²) in [6.07, 6.45) is 1.41. The van der Waals surface area contributed by atoms with E-state index in [0.717, 1.165) is 6.07 Å². The van der Waals surface area contributed by atoms with Crippen LogP contribution < -0.4 is 19.6 Å². The number of hydrogen-bond acceptors (Lipinski definition) is 7. The van der Waals surface area contributed by atoms with Crippen LogP contribution in [0.15, 0.2) is 41.5 Å². The van der Waals surface area contributed by atoms with Gasteiger partial charge in [0, 0.05) is 12.1 Å². The lowest BCUT2D eigenvalue weighted by Crippen LogP contribution is -2.18. The number of non-ortho nitro benzene ring substituents is 1. The summed E-state index contributed by atoms with van der Waals surface area (Å²) in [5.74, 6) is 0.648. The van der Waals surface area contributed by atoms with Crippen molar-refractivity contribution in [2.75, 3.05) is 21.3 Å². The molecule has 0 aliphatic carbocycles. The van der Waals surface area contributed by atoms with Crippen LogP contribution in [0.25, 0.3) is 0 Å². The van der Waals surface area contributed by atoms with E-state index >= 15 is 0 Å². The van der Waals surface area contributed by atoms with Crippen molar-refractivity contribution in [3.05, 3.63) is 57.6 Å². The molecular formula is C17H17N3O6. The molecule has 0 fully saturated rings. The van der Waals surface area contributed by atoms with Crippen LogP contribution in [0.3, 0.4) is 0 Å². The molecule has 9 nitrogen and oxygen atoms in total. The highest BCUT2D eigenvalue weighted by molar-refractivity contribution is 5.98. The molecule has 0 atom stereocenters. The van der Waals surface area contributed by atoms with Crippen LogP contribution in [0.1, 0.15) is 15.9 Å². The number of nitro groups is 1. The van der Waals surface area contributed by atoms with Gasteiger partial charge in [-0.05, 0) is 29.8 Å². The summed E-state index contributed by atoms with van der Waals surface area (Å²) in [6, 6.07) is 8.84. The minimum Gasteiger partial charge on any atom is -0.496 e. The van der Waals surface area contributed by atoms with E-state index in [1.807, 2.05) is 0 Å². The standard InChI is InChI=1S/C17H17N3O6/c1-24-14-7-5-12(20(22)23)9-13(14)17(21)19-18-10-11-4-6-15(25-2)16(8-11)26-3/h4-10H,1-3H3,(H,19,21)/b18-10-. The van der Waals surface area contributed by atoms with Gasteiger partial charge in [0.05, 0.1) is 38.0 Å². The Kier molecular flexibility index (Phi) is 6.10. The van der Waals surface area contributed by atoms with Gasteiger partial charge in [-0.3, -0.25) is 14.9 Å². The molecule has 2 aromatic rings. The largest absolute Gasteiger partial charge is 0.496 e. The topological polar surface area (TPSA) is 112 Å². The van der Waals surface area contributed by atoms with Crippen LogP contribution >= 0.6 is 0 Å². The minimum absolute atomic E-state index is 0.00571. The van der Waals surface area contributed by atoms with Gasteiger partial charge in [-0.25, -0.2) is 5.43 Å². The normalized spacial score (nSPS) is 10.4. The fourth-order valence-corrected chi connectivity index (χ4v) is 2.15. The Labute approximate surface area is 149 Å². The van der Waals surface area contributed by atoms with Crippen LogP contribution in [0.5, 0.6) is 17.2 Å². The molecular weight excluding hydrogens is 342 g/mol. The second kappa shape index (κ2) is 8.47. The molecule has 0 saturated carbocycles. The Morgan fingerprint density at radius 1 is 1.04 bits per heavy atom. The molecule has 0 aliphatic rings. The lowest BCUT2D eigenvalue weighted by atomic mass is 10.1. The van der Waals surface area contributed by atoms with E-state index in [0.29, 0.717) is 17.1 Å². The average Bonchev–Trinajstić information content (AvgIpc) is 2.66. The summed E-state index contributed by atoms with van der Waals surface area (Å²) in [5.41, 5.74) is 2.75. The molecule has 0 aliphatic heterocycles. The van der Waals surface area contributed by atoms with Crippen molar-refractivity contribution in [2.45, 2.75) is 0 Å². The second-order valence-electron chi connectivity index (χ2n) is 4.96. The monoisotopic (exact) mass is 359 g/mol. The zero-order valence-electron chi connectivity index (χ0n) is 14.4. The minimum atomic E-state index is -0.637. The molecule has 2 rings (SSSR count). The highest BCUT2D eigenvalue weighted by Crippen LogP contribution is 2.27. The summed E-state index contributed by atoms with van der Waals surface area (Å²) in [7, 11) is 4.40. The number of nitrogens with one attached hydrogen (secondary N) is 1. The summed E-state index contributed by atoms with van der Waals surface area (Å²) in [6.45, 7) is 0. The van der Waals surface area contributed by atoms with Crippen molar-refractivity contribution < 1.29 is 23.9 Å². The second-order valence-corrected chi connectivity index (χ2v) is 4.96. The number of hydrogen-bond donors (Lipinski definition) is 1. The lowest BCUT2D eigenvalue weighted by molar-refractivity contribution is -0.384. The number of hydrazone groups is 1. The predicted molar refractivity (Wildman–Crippen MR) is 94.3 cm³/mol. The lowest BCUT2D eigenvalue weighted by Gasteiger charge is -2.08. The number of amides is 1. The molecule has 0 spiro atoms. The first-order valence-corrected chi connectivity index (χ1v) is 7.38. The van der Waals surface area contributed by atoms with Crippen LogP contribution in [0.2, 0.25) is 0 Å². The fraction of sp³-hybridized carbons (Fsp3) is 0.176. The maximum atomic E-state index is 12.2. The molecule has 1 amide bonds. The number of nitrogens with zero attached hydrogens (tertiary/aromatic N) is 2. The average molecular weight is 359 g/mol. The number of methoxy groups -OCH3 is 3. The molecule has 136 valence electrons. The number of nitro benzene ring substituents is 1. The molecule has 9 heteroatoms. The zero-order valence-corrected chi connectivity index (χ0v) is 14.4. The highest BCUT2D eigenvalue weighted by atomic mass is 16.6. The molecule has 0 radical (unpaired) electrons. The number of ether oxygens (including phenoxy) is 3. The summed E-state index contributed by atoms with van der Waals surface area (Å²) in [4.78, 5) is 22.5. The fourth-order valence-electron chi connectivity index (χ4n) is 2.15. The Bertz CT molecular complexity index is 850. The Morgan fingerprint density at radius 2 is 1.69 bits per heavy atom. The van der Waals surface area contributed by atoms with Crippen LogP contribution in [-0.2, 0) is 0 Å². The predicted octanol–water partition coefficient (Wildman–Crippen LogP) is 2.38. The number of rotatable bonds is 7. The molecule has 0 heterocycles. The van der Waals surface area contributed by atoms with Crippen molar-refractivity contribution >= 4 is 17.8 Å². The first-order chi connectivity index (χ1) is 12.5. The first-order valence-electron chi connectivity index (χ1n) is 7.38. The van der Waals surface area contributed by atoms with Gasteiger partial charge in [-0.15, -0.1) is 0 Å². The van der Waals surface area contributed by atoms with E-state index in [-0.39, 0.29) is 17.0 Å². The molecule has 0 aromatic heterocycles. The summed E-state index contributed by atoms with van der Waals surface area (Å²) in [5, 5.41) is 14.7. The van der Waals surface area contributed by atoms with Gasteiger partial charge in [0.2, 0.25) is 0 Å². The van der Waals surface area contributed by atoms with Crippen LogP contribution in [0, 0.1) is 10.1 Å². The van der Waals surface area contributed by atoms with E-state index in [1.165, 1.54) is 39.7 Å². The maximum Gasteiger partial charge on any atom is 0.275 e. The molecule has 26 heavy (non-hydrogen) atoms. The molecule has 0 saturated heterocycles. The first kappa shape index (κ1) is 18.7. The quantitative estimate of drug-likeness (QED) is 0.461. The number of carbonyl (C=O) groups excluding carboxylic acids is 1. The SMILES string of the molecule is COc1ccc(/C=N\NC(=O)c2cc([N+](=O)[O-])ccc2OC)cc1OC. The molecule has 0 bridgehead atoms. The van der Waals surface area contributed by atoms with Crippen LogP contribution in [0.4, 0.5) is 5.69 Å².